The quantitative estimate of drug-likeness (QED) is 0.690. The second-order valence-electron chi connectivity index (χ2n) is 4.37. The minimum atomic E-state index is 0.310. The van der Waals surface area contributed by atoms with Crippen molar-refractivity contribution in [1.29, 1.82) is 0 Å². The zero-order valence-electron chi connectivity index (χ0n) is 7.85. The van der Waals surface area contributed by atoms with Crippen molar-refractivity contribution in [3.63, 3.8) is 0 Å². The Labute approximate surface area is 91.6 Å². The van der Waals surface area contributed by atoms with Crippen LogP contribution in [0.4, 0.5) is 0 Å². The Kier molecular flexibility index (Phi) is 1.67. The molecule has 1 fully saturated rings. The van der Waals surface area contributed by atoms with Crippen molar-refractivity contribution in [3.8, 4) is 0 Å². The zero-order valence-corrected chi connectivity index (χ0v) is 9.43. The highest BCUT2D eigenvalue weighted by Gasteiger charge is 2.48. The molecule has 2 aliphatic carbocycles. The van der Waals surface area contributed by atoms with Crippen molar-refractivity contribution >= 4 is 21.7 Å². The molecule has 0 aromatic heterocycles. The lowest BCUT2D eigenvalue weighted by atomic mass is 9.79. The van der Waals surface area contributed by atoms with Gasteiger partial charge in [-0.05, 0) is 36.3 Å². The Morgan fingerprint density at radius 1 is 1.21 bits per heavy atom. The van der Waals surface area contributed by atoms with Gasteiger partial charge in [-0.1, -0.05) is 28.1 Å². The maximum Gasteiger partial charge on any atom is 0.164 e. The molecule has 1 aromatic rings. The molecule has 0 atom stereocenters. The Balaban J connectivity index is 2.26. The SMILES string of the molecule is O=C1CCC2(CC2)c2cccc(Br)c21. The number of ketones is 1. The van der Waals surface area contributed by atoms with Gasteiger partial charge in [0.15, 0.2) is 5.78 Å². The third kappa shape index (κ3) is 1.04. The van der Waals surface area contributed by atoms with Crippen LogP contribution >= 0.6 is 15.9 Å². The van der Waals surface area contributed by atoms with Crippen LogP contribution in [-0.2, 0) is 5.41 Å². The van der Waals surface area contributed by atoms with Crippen molar-refractivity contribution < 1.29 is 4.79 Å². The van der Waals surface area contributed by atoms with E-state index >= 15 is 0 Å². The summed E-state index contributed by atoms with van der Waals surface area (Å²) in [5.74, 6) is 0.310. The first-order chi connectivity index (χ1) is 6.73. The molecular formula is C12H11BrO. The zero-order chi connectivity index (χ0) is 9.76. The molecule has 2 heteroatoms. The summed E-state index contributed by atoms with van der Waals surface area (Å²) in [6.07, 6.45) is 4.33. The van der Waals surface area contributed by atoms with Crippen LogP contribution in [0.5, 0.6) is 0 Å². The highest BCUT2D eigenvalue weighted by Crippen LogP contribution is 2.56. The highest BCUT2D eigenvalue weighted by atomic mass is 79.9. The molecule has 1 nitrogen and oxygen atoms in total. The molecule has 0 bridgehead atoms. The van der Waals surface area contributed by atoms with Crippen LogP contribution in [0, 0.1) is 0 Å². The van der Waals surface area contributed by atoms with Gasteiger partial charge in [0.25, 0.3) is 0 Å². The lowest BCUT2D eigenvalue weighted by Crippen LogP contribution is -2.21. The van der Waals surface area contributed by atoms with E-state index in [1.165, 1.54) is 18.4 Å². The Morgan fingerprint density at radius 2 is 2.00 bits per heavy atom. The van der Waals surface area contributed by atoms with E-state index in [2.05, 4.69) is 22.0 Å². The molecule has 14 heavy (non-hydrogen) atoms. The van der Waals surface area contributed by atoms with Crippen molar-refractivity contribution in [3.05, 3.63) is 33.8 Å². The summed E-state index contributed by atoms with van der Waals surface area (Å²) >= 11 is 3.48. The normalized spacial score (nSPS) is 22.2. The number of hydrogen-bond donors (Lipinski definition) is 0. The number of fused-ring (bicyclic) bond motifs is 2. The molecule has 3 rings (SSSR count). The number of benzene rings is 1. The van der Waals surface area contributed by atoms with Gasteiger partial charge >= 0.3 is 0 Å². The topological polar surface area (TPSA) is 17.1 Å². The predicted molar refractivity (Wildman–Crippen MR) is 58.6 cm³/mol. The van der Waals surface area contributed by atoms with Crippen LogP contribution in [0.1, 0.15) is 41.6 Å². The van der Waals surface area contributed by atoms with E-state index in [4.69, 9.17) is 0 Å². The van der Waals surface area contributed by atoms with Crippen LogP contribution < -0.4 is 0 Å². The van der Waals surface area contributed by atoms with Gasteiger partial charge in [-0.25, -0.2) is 0 Å². The first-order valence-electron chi connectivity index (χ1n) is 5.05. The largest absolute Gasteiger partial charge is 0.294 e. The van der Waals surface area contributed by atoms with E-state index in [9.17, 15) is 4.79 Å². The second kappa shape index (κ2) is 2.69. The third-order valence-electron chi connectivity index (χ3n) is 3.55. The summed E-state index contributed by atoms with van der Waals surface area (Å²) in [6, 6.07) is 6.14. The molecule has 2 aliphatic rings. The van der Waals surface area contributed by atoms with Crippen LogP contribution in [0.25, 0.3) is 0 Å². The average molecular weight is 251 g/mol. The minimum Gasteiger partial charge on any atom is -0.294 e. The van der Waals surface area contributed by atoms with E-state index in [-0.39, 0.29) is 0 Å². The van der Waals surface area contributed by atoms with Gasteiger partial charge in [0.2, 0.25) is 0 Å². The van der Waals surface area contributed by atoms with E-state index in [1.807, 2.05) is 12.1 Å². The first kappa shape index (κ1) is 8.66. The van der Waals surface area contributed by atoms with Crippen molar-refractivity contribution in [1.82, 2.24) is 0 Å². The molecule has 0 saturated heterocycles. The lowest BCUT2D eigenvalue weighted by Gasteiger charge is -2.24. The number of halogens is 1. The third-order valence-corrected chi connectivity index (χ3v) is 4.21. The van der Waals surface area contributed by atoms with Gasteiger partial charge in [-0.3, -0.25) is 4.79 Å². The van der Waals surface area contributed by atoms with Crippen molar-refractivity contribution in [2.24, 2.45) is 0 Å². The van der Waals surface area contributed by atoms with Gasteiger partial charge in [0.1, 0.15) is 0 Å². The number of Topliss-reactive ketones (excluding diaryl/α,β-unsaturated/α-hetero) is 1. The number of rotatable bonds is 0. The highest BCUT2D eigenvalue weighted by molar-refractivity contribution is 9.10. The Morgan fingerprint density at radius 3 is 2.71 bits per heavy atom. The van der Waals surface area contributed by atoms with E-state index < -0.39 is 0 Å². The Hall–Kier alpha value is -0.630. The summed E-state index contributed by atoms with van der Waals surface area (Å²) in [6.45, 7) is 0. The summed E-state index contributed by atoms with van der Waals surface area (Å²) < 4.78 is 0.978. The summed E-state index contributed by atoms with van der Waals surface area (Å²) in [5.41, 5.74) is 2.63. The van der Waals surface area contributed by atoms with Gasteiger partial charge < -0.3 is 0 Å². The fraction of sp³-hybridized carbons (Fsp3) is 0.417. The molecule has 0 unspecified atom stereocenters. The summed E-state index contributed by atoms with van der Waals surface area (Å²) in [5, 5.41) is 0. The fourth-order valence-corrected chi connectivity index (χ4v) is 3.12. The van der Waals surface area contributed by atoms with Crippen LogP contribution in [0.15, 0.2) is 22.7 Å². The van der Waals surface area contributed by atoms with Crippen LogP contribution in [0.2, 0.25) is 0 Å². The molecule has 1 aromatic carbocycles. The maximum absolute atomic E-state index is 11.8. The van der Waals surface area contributed by atoms with Gasteiger partial charge in [-0.15, -0.1) is 0 Å². The molecular weight excluding hydrogens is 240 g/mol. The van der Waals surface area contributed by atoms with Gasteiger partial charge in [0.05, 0.1) is 0 Å². The lowest BCUT2D eigenvalue weighted by molar-refractivity contribution is 0.0963. The first-order valence-corrected chi connectivity index (χ1v) is 5.84. The molecule has 0 N–H and O–H groups in total. The fourth-order valence-electron chi connectivity index (χ4n) is 2.53. The van der Waals surface area contributed by atoms with Gasteiger partial charge in [-0.2, -0.15) is 0 Å². The van der Waals surface area contributed by atoms with E-state index in [0.29, 0.717) is 11.2 Å². The smallest absolute Gasteiger partial charge is 0.164 e. The molecule has 72 valence electrons. The molecule has 0 amide bonds. The monoisotopic (exact) mass is 250 g/mol. The molecule has 0 aliphatic heterocycles. The van der Waals surface area contributed by atoms with E-state index in [0.717, 1.165) is 22.9 Å². The number of hydrogen-bond acceptors (Lipinski definition) is 1. The van der Waals surface area contributed by atoms with Crippen LogP contribution in [0.3, 0.4) is 0 Å². The molecule has 0 heterocycles. The molecule has 1 spiro atoms. The molecule has 1 saturated carbocycles. The van der Waals surface area contributed by atoms with Gasteiger partial charge in [0, 0.05) is 16.5 Å². The second-order valence-corrected chi connectivity index (χ2v) is 5.22. The average Bonchev–Trinajstić information content (AvgIpc) is 2.93. The maximum atomic E-state index is 11.8. The number of carbonyl (C=O) groups excluding carboxylic acids is 1. The number of carbonyl (C=O) groups is 1. The summed E-state index contributed by atoms with van der Waals surface area (Å²) in [4.78, 5) is 11.8. The van der Waals surface area contributed by atoms with Crippen molar-refractivity contribution in [2.45, 2.75) is 31.1 Å². The standard InChI is InChI=1S/C12H11BrO/c13-9-3-1-2-8-11(9)10(14)4-5-12(8)6-7-12/h1-3H,4-7H2. The van der Waals surface area contributed by atoms with E-state index in [1.54, 1.807) is 0 Å². The Bertz CT molecular complexity index is 418. The minimum absolute atomic E-state index is 0.310. The van der Waals surface area contributed by atoms with Crippen LogP contribution in [-0.4, -0.2) is 5.78 Å². The predicted octanol–water partition coefficient (Wildman–Crippen LogP) is 3.46. The summed E-state index contributed by atoms with van der Waals surface area (Å²) in [7, 11) is 0. The molecule has 0 radical (unpaired) electrons. The van der Waals surface area contributed by atoms with Crippen molar-refractivity contribution in [2.75, 3.05) is 0 Å².